The van der Waals surface area contributed by atoms with Gasteiger partial charge in [-0.1, -0.05) is 42.0 Å². The molecule has 0 saturated carbocycles. The minimum absolute atomic E-state index is 0.0128. The number of non-ortho nitro benzene ring substituents is 1. The molecule has 0 saturated heterocycles. The van der Waals surface area contributed by atoms with Crippen LogP contribution < -0.4 is 5.56 Å². The number of para-hydroxylation sites is 2. The topological polar surface area (TPSA) is 166 Å². The number of fused-ring (bicyclic) bond motifs is 1. The Hall–Kier alpha value is -6.20. The SMILES string of the molecule is C/C(=N\n1c(/N=C/c2ccc(C)cc2)c(C#N)c(-c2ccc([N+](=O)[O-])cc2)c(C#N)c1=O)c1nc2ccccc2[nH]1. The average molecular weight is 541 g/mol. The van der Waals surface area contributed by atoms with E-state index in [0.717, 1.165) is 15.8 Å². The van der Waals surface area contributed by atoms with Crippen molar-refractivity contribution in [2.75, 3.05) is 0 Å². The second-order valence-electron chi connectivity index (χ2n) is 9.05. The molecule has 1 N–H and O–H groups in total. The molecule has 0 radical (unpaired) electrons. The summed E-state index contributed by atoms with van der Waals surface area (Å²) in [7, 11) is 0. The first-order valence-electron chi connectivity index (χ1n) is 12.3. The van der Waals surface area contributed by atoms with Gasteiger partial charge in [0.2, 0.25) is 0 Å². The highest BCUT2D eigenvalue weighted by molar-refractivity contribution is 5.98. The van der Waals surface area contributed by atoms with Crippen molar-refractivity contribution in [2.45, 2.75) is 13.8 Å². The Morgan fingerprint density at radius 2 is 1.71 bits per heavy atom. The Morgan fingerprint density at radius 3 is 2.34 bits per heavy atom. The summed E-state index contributed by atoms with van der Waals surface area (Å²) in [4.78, 5) is 36.5. The maximum atomic E-state index is 13.8. The fourth-order valence-corrected chi connectivity index (χ4v) is 4.22. The molecular formula is C30H20N8O3. The van der Waals surface area contributed by atoms with E-state index in [4.69, 9.17) is 0 Å². The van der Waals surface area contributed by atoms with E-state index in [9.17, 15) is 25.4 Å². The zero-order valence-corrected chi connectivity index (χ0v) is 21.9. The molecule has 5 aromatic rings. The van der Waals surface area contributed by atoms with Crippen LogP contribution in [0.2, 0.25) is 0 Å². The van der Waals surface area contributed by atoms with Gasteiger partial charge < -0.3 is 4.98 Å². The molecule has 0 aliphatic heterocycles. The molecule has 0 unspecified atom stereocenters. The van der Waals surface area contributed by atoms with E-state index in [1.807, 2.05) is 61.5 Å². The summed E-state index contributed by atoms with van der Waals surface area (Å²) in [5.41, 5.74) is 2.37. The number of aromatic nitrogens is 3. The van der Waals surface area contributed by atoms with E-state index in [1.165, 1.54) is 30.5 Å². The van der Waals surface area contributed by atoms with Gasteiger partial charge in [-0.05, 0) is 49.2 Å². The Kier molecular flexibility index (Phi) is 7.01. The number of aliphatic imine (C=N–C) groups is 1. The van der Waals surface area contributed by atoms with Crippen LogP contribution in [-0.2, 0) is 0 Å². The predicted molar refractivity (Wildman–Crippen MR) is 154 cm³/mol. The Morgan fingerprint density at radius 1 is 1.02 bits per heavy atom. The van der Waals surface area contributed by atoms with Gasteiger partial charge in [-0.3, -0.25) is 14.9 Å². The number of hydrogen-bond donors (Lipinski definition) is 1. The predicted octanol–water partition coefficient (Wildman–Crippen LogP) is 5.37. The first kappa shape index (κ1) is 26.4. The number of aromatic amines is 1. The quantitative estimate of drug-likeness (QED) is 0.172. The lowest BCUT2D eigenvalue weighted by molar-refractivity contribution is -0.384. The number of nitro benzene ring substituents is 1. The minimum atomic E-state index is -0.814. The average Bonchev–Trinajstić information content (AvgIpc) is 3.42. The van der Waals surface area contributed by atoms with Crippen LogP contribution in [0.15, 0.2) is 87.7 Å². The Labute approximate surface area is 233 Å². The standard InChI is InChI=1S/C30H20N8O3/c1-18-7-9-20(10-8-18)17-33-29-23(15-31)27(21-11-13-22(14-12-21)38(40)41)24(16-32)30(39)37(29)36-19(2)28-34-25-5-3-4-6-26(25)35-28/h3-14,17H,1-2H3,(H,34,35)/b33-17+,36-19+. The summed E-state index contributed by atoms with van der Waals surface area (Å²) in [6.07, 6.45) is 1.49. The van der Waals surface area contributed by atoms with E-state index in [0.29, 0.717) is 22.6 Å². The molecule has 2 heterocycles. The van der Waals surface area contributed by atoms with Crippen LogP contribution in [-0.4, -0.2) is 31.5 Å². The zero-order valence-electron chi connectivity index (χ0n) is 21.9. The number of hydrogen-bond acceptors (Lipinski definition) is 8. The monoisotopic (exact) mass is 540 g/mol. The number of benzene rings is 3. The molecule has 0 aliphatic carbocycles. The Bertz CT molecular complexity index is 1990. The first-order chi connectivity index (χ1) is 19.8. The lowest BCUT2D eigenvalue weighted by Crippen LogP contribution is -2.23. The van der Waals surface area contributed by atoms with Crippen molar-refractivity contribution in [1.29, 1.82) is 10.5 Å². The highest BCUT2D eigenvalue weighted by Gasteiger charge is 2.24. The van der Waals surface area contributed by atoms with Gasteiger partial charge in [0.1, 0.15) is 29.0 Å². The molecule has 0 amide bonds. The maximum absolute atomic E-state index is 13.8. The molecule has 0 spiro atoms. The molecule has 11 nitrogen and oxygen atoms in total. The summed E-state index contributed by atoms with van der Waals surface area (Å²) in [5.74, 6) is 0.281. The molecule has 5 rings (SSSR count). The van der Waals surface area contributed by atoms with E-state index in [2.05, 4.69) is 26.1 Å². The van der Waals surface area contributed by atoms with Crippen molar-refractivity contribution < 1.29 is 4.92 Å². The minimum Gasteiger partial charge on any atom is -0.337 e. The first-order valence-corrected chi connectivity index (χ1v) is 12.3. The number of nitriles is 2. The molecule has 0 atom stereocenters. The van der Waals surface area contributed by atoms with Crippen LogP contribution >= 0.6 is 0 Å². The lowest BCUT2D eigenvalue weighted by atomic mass is 9.96. The number of aryl methyl sites for hydroxylation is 1. The fraction of sp³-hybridized carbons (Fsp3) is 0.0667. The molecule has 0 aliphatic rings. The van der Waals surface area contributed by atoms with Crippen LogP contribution in [0, 0.1) is 39.7 Å². The molecule has 3 aromatic carbocycles. The van der Waals surface area contributed by atoms with E-state index < -0.39 is 10.5 Å². The largest absolute Gasteiger partial charge is 0.337 e. The van der Waals surface area contributed by atoms with Gasteiger partial charge in [-0.2, -0.15) is 20.3 Å². The van der Waals surface area contributed by atoms with E-state index in [1.54, 1.807) is 6.92 Å². The zero-order chi connectivity index (χ0) is 29.1. The molecule has 41 heavy (non-hydrogen) atoms. The fourth-order valence-electron chi connectivity index (χ4n) is 4.22. The number of imidazole rings is 1. The van der Waals surface area contributed by atoms with Crippen LogP contribution in [0.1, 0.15) is 35.0 Å². The van der Waals surface area contributed by atoms with Crippen molar-refractivity contribution >= 4 is 34.5 Å². The molecule has 198 valence electrons. The lowest BCUT2D eigenvalue weighted by Gasteiger charge is -2.13. The summed E-state index contributed by atoms with van der Waals surface area (Å²) < 4.78 is 0.916. The van der Waals surface area contributed by atoms with Gasteiger partial charge in [-0.15, -0.1) is 0 Å². The van der Waals surface area contributed by atoms with Crippen molar-refractivity contribution in [3.05, 3.63) is 121 Å². The van der Waals surface area contributed by atoms with Crippen molar-refractivity contribution in [3.63, 3.8) is 0 Å². The van der Waals surface area contributed by atoms with Crippen LogP contribution in [0.25, 0.3) is 22.2 Å². The molecule has 0 bridgehead atoms. The van der Waals surface area contributed by atoms with Crippen molar-refractivity contribution in [2.24, 2.45) is 10.1 Å². The molecular weight excluding hydrogens is 520 g/mol. The number of nitrogens with zero attached hydrogens (tertiary/aromatic N) is 7. The third-order valence-electron chi connectivity index (χ3n) is 6.32. The van der Waals surface area contributed by atoms with Gasteiger partial charge in [0.25, 0.3) is 11.2 Å². The number of H-pyrrole nitrogens is 1. The third-order valence-corrected chi connectivity index (χ3v) is 6.32. The van der Waals surface area contributed by atoms with Crippen molar-refractivity contribution in [3.8, 4) is 23.3 Å². The normalized spacial score (nSPS) is 11.5. The van der Waals surface area contributed by atoms with Crippen LogP contribution in [0.4, 0.5) is 11.5 Å². The summed E-state index contributed by atoms with van der Waals surface area (Å²) in [5, 5.41) is 36.0. The maximum Gasteiger partial charge on any atom is 0.291 e. The van der Waals surface area contributed by atoms with E-state index >= 15 is 0 Å². The van der Waals surface area contributed by atoms with Gasteiger partial charge >= 0.3 is 0 Å². The third kappa shape index (κ3) is 5.11. The molecule has 11 heteroatoms. The number of nitrogens with one attached hydrogen (secondary N) is 1. The highest BCUT2D eigenvalue weighted by Crippen LogP contribution is 2.33. The Balaban J connectivity index is 1.78. The van der Waals surface area contributed by atoms with Gasteiger partial charge in [-0.25, -0.2) is 9.98 Å². The van der Waals surface area contributed by atoms with Gasteiger partial charge in [0, 0.05) is 23.9 Å². The second-order valence-corrected chi connectivity index (χ2v) is 9.05. The van der Waals surface area contributed by atoms with Gasteiger partial charge in [0.05, 0.1) is 16.0 Å². The van der Waals surface area contributed by atoms with E-state index in [-0.39, 0.29) is 33.8 Å². The van der Waals surface area contributed by atoms with Crippen molar-refractivity contribution in [1.82, 2.24) is 14.6 Å². The second kappa shape index (κ2) is 10.9. The van der Waals surface area contributed by atoms with Crippen LogP contribution in [0.5, 0.6) is 0 Å². The summed E-state index contributed by atoms with van der Waals surface area (Å²) in [6.45, 7) is 3.58. The highest BCUT2D eigenvalue weighted by atomic mass is 16.6. The molecule has 2 aromatic heterocycles. The summed E-state index contributed by atoms with van der Waals surface area (Å²) >= 11 is 0. The van der Waals surface area contributed by atoms with Crippen LogP contribution in [0.3, 0.4) is 0 Å². The smallest absolute Gasteiger partial charge is 0.291 e. The number of rotatable bonds is 6. The summed E-state index contributed by atoms with van der Waals surface area (Å²) in [6, 6.07) is 24.0. The number of nitro groups is 1. The number of pyridine rings is 1. The van der Waals surface area contributed by atoms with Gasteiger partial charge in [0.15, 0.2) is 11.6 Å². The molecule has 0 fully saturated rings.